The highest BCUT2D eigenvalue weighted by Gasteiger charge is 2.11. The van der Waals surface area contributed by atoms with Crippen molar-refractivity contribution in [2.24, 2.45) is 0 Å². The Kier molecular flexibility index (Phi) is 3.69. The van der Waals surface area contributed by atoms with Gasteiger partial charge in [0.25, 0.3) is 0 Å². The molecule has 1 rings (SSSR count). The maximum atomic E-state index is 9.68. The molecule has 1 aromatic rings. The molecule has 1 nitrogen and oxygen atoms in total. The predicted molar refractivity (Wildman–Crippen MR) is 73.3 cm³/mol. The van der Waals surface area contributed by atoms with Crippen molar-refractivity contribution >= 4 is 0 Å². The fraction of sp³-hybridized carbons (Fsp3) is 0.500. The quantitative estimate of drug-likeness (QED) is 0.678. The molecular weight excluding hydrogens is 208 g/mol. The van der Waals surface area contributed by atoms with E-state index in [0.29, 0.717) is 0 Å². The summed E-state index contributed by atoms with van der Waals surface area (Å²) in [4.78, 5) is 0. The normalized spacial score (nSPS) is 11.1. The summed E-state index contributed by atoms with van der Waals surface area (Å²) in [6.45, 7) is 14.0. The molecule has 1 N–H and O–H groups in total. The van der Waals surface area contributed by atoms with E-state index in [9.17, 15) is 5.11 Å². The SMILES string of the molecule is Cc1c(C)c(C)c(C#CC(C)(C)O)c(C)c1C. The first kappa shape index (κ1) is 13.8. The van der Waals surface area contributed by atoms with Gasteiger partial charge in [-0.15, -0.1) is 0 Å². The van der Waals surface area contributed by atoms with Crippen LogP contribution in [0.1, 0.15) is 47.2 Å². The lowest BCUT2D eigenvalue weighted by atomic mass is 9.89. The average molecular weight is 230 g/mol. The van der Waals surface area contributed by atoms with Gasteiger partial charge in [0, 0.05) is 5.56 Å². The minimum Gasteiger partial charge on any atom is -0.378 e. The third-order valence-electron chi connectivity index (χ3n) is 3.49. The molecule has 0 saturated carbocycles. The molecular formula is C16H22O. The lowest BCUT2D eigenvalue weighted by Gasteiger charge is -2.15. The van der Waals surface area contributed by atoms with Gasteiger partial charge in [-0.1, -0.05) is 11.8 Å². The van der Waals surface area contributed by atoms with Gasteiger partial charge >= 0.3 is 0 Å². The monoisotopic (exact) mass is 230 g/mol. The van der Waals surface area contributed by atoms with Crippen molar-refractivity contribution in [1.82, 2.24) is 0 Å². The summed E-state index contributed by atoms with van der Waals surface area (Å²) < 4.78 is 0. The van der Waals surface area contributed by atoms with E-state index in [1.165, 1.54) is 27.8 Å². The van der Waals surface area contributed by atoms with E-state index >= 15 is 0 Å². The molecule has 0 spiro atoms. The summed E-state index contributed by atoms with van der Waals surface area (Å²) in [5.74, 6) is 6.03. The number of hydrogen-bond acceptors (Lipinski definition) is 1. The van der Waals surface area contributed by atoms with E-state index in [1.807, 2.05) is 0 Å². The number of benzene rings is 1. The lowest BCUT2D eigenvalue weighted by molar-refractivity contribution is 0.143. The van der Waals surface area contributed by atoms with Gasteiger partial charge in [-0.25, -0.2) is 0 Å². The Bertz CT molecular complexity index is 476. The van der Waals surface area contributed by atoms with Crippen molar-refractivity contribution < 1.29 is 5.11 Å². The third-order valence-corrected chi connectivity index (χ3v) is 3.49. The molecule has 0 heterocycles. The molecule has 0 aliphatic heterocycles. The Morgan fingerprint density at radius 3 is 1.47 bits per heavy atom. The first-order valence-corrected chi connectivity index (χ1v) is 5.97. The molecule has 1 heteroatoms. The van der Waals surface area contributed by atoms with Crippen LogP contribution in [0.3, 0.4) is 0 Å². The van der Waals surface area contributed by atoms with Crippen molar-refractivity contribution in [1.29, 1.82) is 0 Å². The molecule has 1 aromatic carbocycles. The molecule has 0 saturated heterocycles. The van der Waals surface area contributed by atoms with Gasteiger partial charge < -0.3 is 5.11 Å². The van der Waals surface area contributed by atoms with Crippen LogP contribution in [0.25, 0.3) is 0 Å². The van der Waals surface area contributed by atoms with Crippen molar-refractivity contribution in [3.63, 3.8) is 0 Å². The van der Waals surface area contributed by atoms with Crippen molar-refractivity contribution in [2.75, 3.05) is 0 Å². The van der Waals surface area contributed by atoms with Crippen LogP contribution < -0.4 is 0 Å². The van der Waals surface area contributed by atoms with Gasteiger partial charge in [0.2, 0.25) is 0 Å². The Hall–Kier alpha value is -1.26. The lowest BCUT2D eigenvalue weighted by Crippen LogP contribution is -2.14. The van der Waals surface area contributed by atoms with Gasteiger partial charge in [-0.3, -0.25) is 0 Å². The molecule has 0 radical (unpaired) electrons. The van der Waals surface area contributed by atoms with Crippen molar-refractivity contribution in [3.05, 3.63) is 33.4 Å². The van der Waals surface area contributed by atoms with Crippen LogP contribution in [0.4, 0.5) is 0 Å². The van der Waals surface area contributed by atoms with Gasteiger partial charge in [0.15, 0.2) is 0 Å². The van der Waals surface area contributed by atoms with Gasteiger partial charge in [-0.05, 0) is 76.3 Å². The van der Waals surface area contributed by atoms with E-state index in [4.69, 9.17) is 0 Å². The maximum absolute atomic E-state index is 9.68. The number of hydrogen-bond donors (Lipinski definition) is 1. The predicted octanol–water partition coefficient (Wildman–Crippen LogP) is 3.35. The summed E-state index contributed by atoms with van der Waals surface area (Å²) in [6, 6.07) is 0. The molecule has 0 aliphatic rings. The van der Waals surface area contributed by atoms with Crippen LogP contribution in [0.15, 0.2) is 0 Å². The fourth-order valence-corrected chi connectivity index (χ4v) is 1.90. The Morgan fingerprint density at radius 1 is 0.765 bits per heavy atom. The molecule has 0 fully saturated rings. The maximum Gasteiger partial charge on any atom is 0.120 e. The van der Waals surface area contributed by atoms with E-state index in [1.54, 1.807) is 13.8 Å². The van der Waals surface area contributed by atoms with Crippen LogP contribution in [-0.2, 0) is 0 Å². The number of aliphatic hydroxyl groups is 1. The standard InChI is InChI=1S/C16H22O/c1-10-11(2)13(4)15(14(5)12(10)3)8-9-16(6,7)17/h17H,1-7H3. The smallest absolute Gasteiger partial charge is 0.120 e. The van der Waals surface area contributed by atoms with Crippen LogP contribution in [-0.4, -0.2) is 10.7 Å². The Morgan fingerprint density at radius 2 is 1.12 bits per heavy atom. The summed E-state index contributed by atoms with van der Waals surface area (Å²) in [7, 11) is 0. The summed E-state index contributed by atoms with van der Waals surface area (Å²) >= 11 is 0. The average Bonchev–Trinajstić information content (AvgIpc) is 2.22. The summed E-state index contributed by atoms with van der Waals surface area (Å²) in [6.07, 6.45) is 0. The van der Waals surface area contributed by atoms with Crippen LogP contribution >= 0.6 is 0 Å². The van der Waals surface area contributed by atoms with E-state index in [2.05, 4.69) is 46.5 Å². The summed E-state index contributed by atoms with van der Waals surface area (Å²) in [5.41, 5.74) is 6.51. The van der Waals surface area contributed by atoms with Gasteiger partial charge in [0.05, 0.1) is 0 Å². The van der Waals surface area contributed by atoms with E-state index < -0.39 is 5.60 Å². The molecule has 17 heavy (non-hydrogen) atoms. The topological polar surface area (TPSA) is 20.2 Å². The highest BCUT2D eigenvalue weighted by molar-refractivity contribution is 5.56. The van der Waals surface area contributed by atoms with Crippen molar-refractivity contribution in [3.8, 4) is 11.8 Å². The highest BCUT2D eigenvalue weighted by Crippen LogP contribution is 2.25. The molecule has 0 aromatic heterocycles. The first-order chi connectivity index (χ1) is 7.65. The zero-order valence-electron chi connectivity index (χ0n) is 11.9. The molecule has 92 valence electrons. The van der Waals surface area contributed by atoms with E-state index in [-0.39, 0.29) is 0 Å². The highest BCUT2D eigenvalue weighted by atomic mass is 16.3. The van der Waals surface area contributed by atoms with E-state index in [0.717, 1.165) is 5.56 Å². The van der Waals surface area contributed by atoms with Crippen molar-refractivity contribution in [2.45, 2.75) is 54.1 Å². The Labute approximate surface area is 105 Å². The minimum atomic E-state index is -0.939. The zero-order valence-corrected chi connectivity index (χ0v) is 11.9. The molecule has 0 atom stereocenters. The van der Waals surface area contributed by atoms with Crippen LogP contribution in [0.2, 0.25) is 0 Å². The zero-order chi connectivity index (χ0) is 13.4. The molecule has 0 aliphatic carbocycles. The fourth-order valence-electron chi connectivity index (χ4n) is 1.90. The molecule has 0 bridgehead atoms. The van der Waals surface area contributed by atoms with Crippen LogP contribution in [0.5, 0.6) is 0 Å². The second kappa shape index (κ2) is 4.55. The largest absolute Gasteiger partial charge is 0.378 e. The minimum absolute atomic E-state index is 0.939. The first-order valence-electron chi connectivity index (χ1n) is 5.97. The van der Waals surface area contributed by atoms with Crippen LogP contribution in [0, 0.1) is 46.5 Å². The van der Waals surface area contributed by atoms with Gasteiger partial charge in [0.1, 0.15) is 5.60 Å². The van der Waals surface area contributed by atoms with Gasteiger partial charge in [-0.2, -0.15) is 0 Å². The number of rotatable bonds is 0. The molecule has 0 unspecified atom stereocenters. The molecule has 0 amide bonds. The Balaban J connectivity index is 3.49. The summed E-state index contributed by atoms with van der Waals surface area (Å²) in [5, 5.41) is 9.68. The second-order valence-corrected chi connectivity index (χ2v) is 5.31. The second-order valence-electron chi connectivity index (χ2n) is 5.31. The third kappa shape index (κ3) is 2.90.